The van der Waals surface area contributed by atoms with Crippen molar-refractivity contribution >= 4 is 23.2 Å². The second kappa shape index (κ2) is 8.82. The highest BCUT2D eigenvalue weighted by Gasteiger charge is 2.37. The highest BCUT2D eigenvalue weighted by Crippen LogP contribution is 2.44. The van der Waals surface area contributed by atoms with Gasteiger partial charge >= 0.3 is 0 Å². The van der Waals surface area contributed by atoms with Crippen LogP contribution < -0.4 is 5.32 Å². The van der Waals surface area contributed by atoms with Crippen LogP contribution in [0.2, 0.25) is 5.15 Å². The SMILES string of the molecule is O=C(Nc1c(-c2cc(F)ccc2F)ccnc1C1CCC(F)(F)CC1)c1cnc(Cl)cn1. The molecule has 1 aliphatic rings. The molecule has 1 aliphatic carbocycles. The van der Waals surface area contributed by atoms with Crippen LogP contribution in [0.1, 0.15) is 47.8 Å². The molecule has 0 aliphatic heterocycles. The number of benzene rings is 1. The number of rotatable bonds is 4. The van der Waals surface area contributed by atoms with Gasteiger partial charge in [-0.1, -0.05) is 11.6 Å². The standard InChI is InChI=1S/C22H17ClF4N4O/c23-18-11-29-17(10-30-18)21(32)31-20-14(15-9-13(24)1-2-16(15)25)5-8-28-19(20)12-3-6-22(26,27)7-4-12/h1-2,5,8-12H,3-4,6-7H2,(H,31,32). The van der Waals surface area contributed by atoms with E-state index >= 15 is 0 Å². The Morgan fingerprint density at radius 1 is 1.03 bits per heavy atom. The number of carbonyl (C=O) groups excluding carboxylic acids is 1. The normalized spacial score (nSPS) is 16.0. The molecular formula is C22H17ClF4N4O. The Hall–Kier alpha value is -3.07. The van der Waals surface area contributed by atoms with Crippen molar-refractivity contribution in [3.63, 3.8) is 0 Å². The summed E-state index contributed by atoms with van der Waals surface area (Å²) in [5.41, 5.74) is 0.475. The molecule has 0 spiro atoms. The third kappa shape index (κ3) is 4.72. The highest BCUT2D eigenvalue weighted by atomic mass is 35.5. The van der Waals surface area contributed by atoms with Gasteiger partial charge in [0, 0.05) is 36.1 Å². The minimum Gasteiger partial charge on any atom is -0.318 e. The summed E-state index contributed by atoms with van der Waals surface area (Å²) < 4.78 is 55.9. The Morgan fingerprint density at radius 2 is 1.78 bits per heavy atom. The molecule has 0 saturated heterocycles. The van der Waals surface area contributed by atoms with E-state index in [0.717, 1.165) is 24.4 Å². The van der Waals surface area contributed by atoms with Crippen LogP contribution in [0.5, 0.6) is 0 Å². The van der Waals surface area contributed by atoms with Gasteiger partial charge in [0.25, 0.3) is 5.91 Å². The number of aromatic nitrogens is 3. The number of anilines is 1. The fourth-order valence-electron chi connectivity index (χ4n) is 3.77. The fourth-order valence-corrected chi connectivity index (χ4v) is 3.87. The number of hydrogen-bond donors (Lipinski definition) is 1. The van der Waals surface area contributed by atoms with E-state index in [1.165, 1.54) is 18.5 Å². The van der Waals surface area contributed by atoms with Crippen LogP contribution in [0, 0.1) is 11.6 Å². The van der Waals surface area contributed by atoms with Gasteiger partial charge in [-0.15, -0.1) is 0 Å². The summed E-state index contributed by atoms with van der Waals surface area (Å²) in [6, 6.07) is 4.39. The van der Waals surface area contributed by atoms with E-state index in [4.69, 9.17) is 11.6 Å². The van der Waals surface area contributed by atoms with Gasteiger partial charge in [0.15, 0.2) is 0 Å². The number of alkyl halides is 2. The number of nitrogens with zero attached hydrogens (tertiary/aromatic N) is 3. The number of carbonyl (C=O) groups is 1. The van der Waals surface area contributed by atoms with Crippen molar-refractivity contribution < 1.29 is 22.4 Å². The number of pyridine rings is 1. The van der Waals surface area contributed by atoms with E-state index in [0.29, 0.717) is 5.69 Å². The van der Waals surface area contributed by atoms with Gasteiger partial charge in [0.05, 0.1) is 23.8 Å². The van der Waals surface area contributed by atoms with Gasteiger partial charge in [0.2, 0.25) is 5.92 Å². The average molecular weight is 465 g/mol. The van der Waals surface area contributed by atoms with E-state index in [9.17, 15) is 22.4 Å². The Bertz CT molecular complexity index is 1150. The Morgan fingerprint density at radius 3 is 2.47 bits per heavy atom. The van der Waals surface area contributed by atoms with Crippen molar-refractivity contribution in [3.05, 3.63) is 71.0 Å². The summed E-state index contributed by atoms with van der Waals surface area (Å²) in [7, 11) is 0. The van der Waals surface area contributed by atoms with Gasteiger partial charge in [-0.25, -0.2) is 27.5 Å². The summed E-state index contributed by atoms with van der Waals surface area (Å²) in [6.07, 6.45) is 3.37. The maximum absolute atomic E-state index is 14.6. The first-order valence-corrected chi connectivity index (χ1v) is 10.2. The van der Waals surface area contributed by atoms with E-state index in [2.05, 4.69) is 20.3 Å². The first-order valence-electron chi connectivity index (χ1n) is 9.84. The van der Waals surface area contributed by atoms with Crippen molar-refractivity contribution in [3.8, 4) is 11.1 Å². The predicted octanol–water partition coefficient (Wildman–Crippen LogP) is 6.02. The van der Waals surface area contributed by atoms with Crippen LogP contribution in [-0.4, -0.2) is 26.8 Å². The predicted molar refractivity (Wildman–Crippen MR) is 111 cm³/mol. The summed E-state index contributed by atoms with van der Waals surface area (Å²) in [4.78, 5) is 24.9. The molecule has 2 aromatic heterocycles. The van der Waals surface area contributed by atoms with Crippen LogP contribution in [0.4, 0.5) is 23.2 Å². The fraction of sp³-hybridized carbons (Fsp3) is 0.273. The lowest BCUT2D eigenvalue weighted by Gasteiger charge is -2.29. The number of hydrogen-bond acceptors (Lipinski definition) is 4. The summed E-state index contributed by atoms with van der Waals surface area (Å²) >= 11 is 5.71. The van der Waals surface area contributed by atoms with Crippen molar-refractivity contribution in [2.45, 2.75) is 37.5 Å². The number of halogens is 5. The van der Waals surface area contributed by atoms with E-state index in [1.54, 1.807) is 0 Å². The monoisotopic (exact) mass is 464 g/mol. The Labute approximate surface area is 185 Å². The minimum absolute atomic E-state index is 0.0648. The molecule has 5 nitrogen and oxygen atoms in total. The molecule has 0 atom stereocenters. The molecule has 4 rings (SSSR count). The lowest BCUT2D eigenvalue weighted by atomic mass is 9.83. The van der Waals surface area contributed by atoms with Gasteiger partial charge < -0.3 is 5.32 Å². The van der Waals surface area contributed by atoms with E-state index in [-0.39, 0.29) is 53.3 Å². The molecule has 0 bridgehead atoms. The lowest BCUT2D eigenvalue weighted by Crippen LogP contribution is -2.25. The first-order chi connectivity index (χ1) is 15.2. The number of amides is 1. The van der Waals surface area contributed by atoms with Gasteiger partial charge in [-0.2, -0.15) is 0 Å². The smallest absolute Gasteiger partial charge is 0.275 e. The molecule has 1 amide bonds. The van der Waals surface area contributed by atoms with Crippen molar-refractivity contribution in [1.82, 2.24) is 15.0 Å². The molecule has 3 aromatic rings. The maximum Gasteiger partial charge on any atom is 0.275 e. The summed E-state index contributed by atoms with van der Waals surface area (Å²) in [6.45, 7) is 0. The first kappa shape index (κ1) is 22.1. The van der Waals surface area contributed by atoms with Gasteiger partial charge in [-0.05, 0) is 37.1 Å². The van der Waals surface area contributed by atoms with E-state index < -0.39 is 29.4 Å². The molecule has 10 heteroatoms. The van der Waals surface area contributed by atoms with Crippen molar-refractivity contribution in [2.24, 2.45) is 0 Å². The Kier molecular flexibility index (Phi) is 6.10. The van der Waals surface area contributed by atoms with Crippen LogP contribution in [0.3, 0.4) is 0 Å². The van der Waals surface area contributed by atoms with E-state index in [1.807, 2.05) is 0 Å². The molecule has 0 unspecified atom stereocenters. The zero-order valence-corrected chi connectivity index (χ0v) is 17.3. The zero-order chi connectivity index (χ0) is 22.9. The lowest BCUT2D eigenvalue weighted by molar-refractivity contribution is -0.0384. The largest absolute Gasteiger partial charge is 0.318 e. The number of nitrogens with one attached hydrogen (secondary N) is 1. The second-order valence-corrected chi connectivity index (χ2v) is 7.94. The molecule has 1 fully saturated rings. The third-order valence-corrected chi connectivity index (χ3v) is 5.59. The molecule has 1 aromatic carbocycles. The maximum atomic E-state index is 14.6. The summed E-state index contributed by atoms with van der Waals surface area (Å²) in [5.74, 6) is -5.20. The quantitative estimate of drug-likeness (QED) is 0.480. The molecule has 0 radical (unpaired) electrons. The summed E-state index contributed by atoms with van der Waals surface area (Å²) in [5, 5.41) is 2.75. The molecule has 1 N–H and O–H groups in total. The second-order valence-electron chi connectivity index (χ2n) is 7.55. The third-order valence-electron chi connectivity index (χ3n) is 5.39. The molecule has 166 valence electrons. The zero-order valence-electron chi connectivity index (χ0n) is 16.6. The molecule has 1 saturated carbocycles. The highest BCUT2D eigenvalue weighted by molar-refractivity contribution is 6.29. The molecule has 32 heavy (non-hydrogen) atoms. The minimum atomic E-state index is -2.76. The van der Waals surface area contributed by atoms with Crippen LogP contribution >= 0.6 is 11.6 Å². The van der Waals surface area contributed by atoms with Crippen LogP contribution in [0.25, 0.3) is 11.1 Å². The Balaban J connectivity index is 1.79. The van der Waals surface area contributed by atoms with Crippen LogP contribution in [-0.2, 0) is 0 Å². The average Bonchev–Trinajstić information content (AvgIpc) is 2.76. The van der Waals surface area contributed by atoms with Crippen LogP contribution in [0.15, 0.2) is 42.9 Å². The van der Waals surface area contributed by atoms with Crippen molar-refractivity contribution in [2.75, 3.05) is 5.32 Å². The van der Waals surface area contributed by atoms with Crippen molar-refractivity contribution in [1.29, 1.82) is 0 Å². The van der Waals surface area contributed by atoms with Gasteiger partial charge in [0.1, 0.15) is 22.5 Å². The molecular weight excluding hydrogens is 448 g/mol. The topological polar surface area (TPSA) is 67.8 Å². The molecule has 2 heterocycles. The van der Waals surface area contributed by atoms with Gasteiger partial charge in [-0.3, -0.25) is 9.78 Å².